The maximum Gasteiger partial charge on any atom is 0.00702 e. The monoisotopic (exact) mass is 211 g/mol. The van der Waals surface area contributed by atoms with Crippen molar-refractivity contribution in [1.82, 2.24) is 5.32 Å². The number of unbranched alkanes of at least 4 members (excludes halogenated alkanes) is 1. The molecule has 0 aromatic rings. The van der Waals surface area contributed by atoms with Gasteiger partial charge in [-0.15, -0.1) is 0 Å². The predicted molar refractivity (Wildman–Crippen MR) is 68.1 cm³/mol. The molecule has 0 aromatic heterocycles. The Kier molecular flexibility index (Phi) is 6.31. The number of hydrogen-bond donors (Lipinski definition) is 1. The molecule has 0 amide bonds. The standard InChI is InChI=1S/C14H29N/c1-4-5-8-13-10-14(15-11-13)9-6-7-12(2)3/h12-15H,4-11H2,1-3H3. The minimum absolute atomic E-state index is 0.839. The molecule has 1 aliphatic heterocycles. The summed E-state index contributed by atoms with van der Waals surface area (Å²) < 4.78 is 0. The van der Waals surface area contributed by atoms with Crippen LogP contribution in [0.3, 0.4) is 0 Å². The number of nitrogens with one attached hydrogen (secondary N) is 1. The summed E-state index contributed by atoms with van der Waals surface area (Å²) in [6.07, 6.45) is 9.89. The molecule has 0 bridgehead atoms. The Morgan fingerprint density at radius 2 is 2.00 bits per heavy atom. The van der Waals surface area contributed by atoms with E-state index in [4.69, 9.17) is 0 Å². The number of rotatable bonds is 7. The van der Waals surface area contributed by atoms with E-state index in [1.165, 1.54) is 51.5 Å². The van der Waals surface area contributed by atoms with Crippen molar-refractivity contribution in [3.05, 3.63) is 0 Å². The summed E-state index contributed by atoms with van der Waals surface area (Å²) in [5.41, 5.74) is 0. The molecule has 0 radical (unpaired) electrons. The van der Waals surface area contributed by atoms with Crippen molar-refractivity contribution in [1.29, 1.82) is 0 Å². The van der Waals surface area contributed by atoms with Crippen LogP contribution >= 0.6 is 0 Å². The van der Waals surface area contributed by atoms with Gasteiger partial charge in [0.2, 0.25) is 0 Å². The van der Waals surface area contributed by atoms with Gasteiger partial charge >= 0.3 is 0 Å². The third-order valence-corrected chi connectivity index (χ3v) is 3.61. The zero-order valence-corrected chi connectivity index (χ0v) is 10.9. The molecule has 2 unspecified atom stereocenters. The Labute approximate surface area is 96.0 Å². The molecule has 1 heteroatoms. The van der Waals surface area contributed by atoms with Gasteiger partial charge < -0.3 is 5.32 Å². The van der Waals surface area contributed by atoms with Crippen molar-refractivity contribution in [2.24, 2.45) is 11.8 Å². The van der Waals surface area contributed by atoms with Crippen LogP contribution in [0.15, 0.2) is 0 Å². The summed E-state index contributed by atoms with van der Waals surface area (Å²) in [4.78, 5) is 0. The second-order valence-electron chi connectivity index (χ2n) is 5.67. The molecule has 0 aromatic carbocycles. The maximum absolute atomic E-state index is 3.69. The van der Waals surface area contributed by atoms with Crippen molar-refractivity contribution >= 4 is 0 Å². The molecule has 1 rings (SSSR count). The summed E-state index contributed by atoms with van der Waals surface area (Å²) >= 11 is 0. The second kappa shape index (κ2) is 7.27. The Hall–Kier alpha value is -0.0400. The fourth-order valence-corrected chi connectivity index (χ4v) is 2.61. The summed E-state index contributed by atoms with van der Waals surface area (Å²) in [6.45, 7) is 8.23. The van der Waals surface area contributed by atoms with Crippen molar-refractivity contribution in [2.75, 3.05) is 6.54 Å². The van der Waals surface area contributed by atoms with Crippen LogP contribution in [-0.2, 0) is 0 Å². The van der Waals surface area contributed by atoms with E-state index >= 15 is 0 Å². The van der Waals surface area contributed by atoms with Gasteiger partial charge in [0.25, 0.3) is 0 Å². The van der Waals surface area contributed by atoms with Crippen LogP contribution in [0.5, 0.6) is 0 Å². The first-order chi connectivity index (χ1) is 7.22. The van der Waals surface area contributed by atoms with Crippen LogP contribution in [0.4, 0.5) is 0 Å². The predicted octanol–water partition coefficient (Wildman–Crippen LogP) is 3.98. The topological polar surface area (TPSA) is 12.0 Å². The van der Waals surface area contributed by atoms with Gasteiger partial charge in [-0.3, -0.25) is 0 Å². The highest BCUT2D eigenvalue weighted by atomic mass is 14.9. The fraction of sp³-hybridized carbons (Fsp3) is 1.00. The highest BCUT2D eigenvalue weighted by molar-refractivity contribution is 4.81. The van der Waals surface area contributed by atoms with Crippen LogP contribution in [0.2, 0.25) is 0 Å². The zero-order chi connectivity index (χ0) is 11.1. The molecule has 15 heavy (non-hydrogen) atoms. The Bertz CT molecular complexity index is 153. The van der Waals surface area contributed by atoms with Gasteiger partial charge in [-0.05, 0) is 37.6 Å². The smallest absolute Gasteiger partial charge is 0.00702 e. The van der Waals surface area contributed by atoms with Crippen LogP contribution in [-0.4, -0.2) is 12.6 Å². The minimum atomic E-state index is 0.839. The molecule has 1 nitrogen and oxygen atoms in total. The van der Waals surface area contributed by atoms with Crippen LogP contribution < -0.4 is 5.32 Å². The van der Waals surface area contributed by atoms with Gasteiger partial charge in [0.1, 0.15) is 0 Å². The Balaban J connectivity index is 2.03. The van der Waals surface area contributed by atoms with Crippen molar-refractivity contribution in [3.8, 4) is 0 Å². The van der Waals surface area contributed by atoms with Crippen molar-refractivity contribution in [2.45, 2.75) is 71.8 Å². The van der Waals surface area contributed by atoms with Crippen molar-refractivity contribution in [3.63, 3.8) is 0 Å². The van der Waals surface area contributed by atoms with Crippen LogP contribution in [0.25, 0.3) is 0 Å². The molecule has 0 aliphatic carbocycles. The van der Waals surface area contributed by atoms with E-state index in [2.05, 4.69) is 26.1 Å². The Morgan fingerprint density at radius 1 is 1.20 bits per heavy atom. The molecule has 1 heterocycles. The molecule has 1 aliphatic rings. The number of hydrogen-bond acceptors (Lipinski definition) is 1. The highest BCUT2D eigenvalue weighted by Crippen LogP contribution is 2.23. The molecule has 1 saturated heterocycles. The third-order valence-electron chi connectivity index (χ3n) is 3.61. The summed E-state index contributed by atoms with van der Waals surface area (Å²) in [6, 6.07) is 0.839. The molecule has 2 atom stereocenters. The average Bonchev–Trinajstić information content (AvgIpc) is 2.62. The van der Waals surface area contributed by atoms with Gasteiger partial charge in [-0.2, -0.15) is 0 Å². The molecule has 90 valence electrons. The highest BCUT2D eigenvalue weighted by Gasteiger charge is 2.22. The first kappa shape index (κ1) is 13.0. The lowest BCUT2D eigenvalue weighted by Crippen LogP contribution is -2.21. The van der Waals surface area contributed by atoms with Gasteiger partial charge in [-0.25, -0.2) is 0 Å². The lowest BCUT2D eigenvalue weighted by Gasteiger charge is -2.11. The van der Waals surface area contributed by atoms with Gasteiger partial charge in [0, 0.05) is 6.04 Å². The van der Waals surface area contributed by atoms with Gasteiger partial charge in [-0.1, -0.05) is 46.5 Å². The lowest BCUT2D eigenvalue weighted by molar-refractivity contribution is 0.454. The summed E-state index contributed by atoms with van der Waals surface area (Å²) in [7, 11) is 0. The van der Waals surface area contributed by atoms with E-state index < -0.39 is 0 Å². The van der Waals surface area contributed by atoms with E-state index in [1.807, 2.05) is 0 Å². The molecule has 0 spiro atoms. The fourth-order valence-electron chi connectivity index (χ4n) is 2.61. The van der Waals surface area contributed by atoms with E-state index in [1.54, 1.807) is 0 Å². The van der Waals surface area contributed by atoms with E-state index in [9.17, 15) is 0 Å². The van der Waals surface area contributed by atoms with Gasteiger partial charge in [0.15, 0.2) is 0 Å². The summed E-state index contributed by atoms with van der Waals surface area (Å²) in [5, 5.41) is 3.69. The summed E-state index contributed by atoms with van der Waals surface area (Å²) in [5.74, 6) is 1.86. The SMILES string of the molecule is CCCCC1CNC(CCCC(C)C)C1. The van der Waals surface area contributed by atoms with E-state index in [0.717, 1.165) is 17.9 Å². The normalized spacial score (nSPS) is 26.4. The molecular weight excluding hydrogens is 182 g/mol. The molecule has 1 N–H and O–H groups in total. The average molecular weight is 211 g/mol. The Morgan fingerprint density at radius 3 is 2.67 bits per heavy atom. The lowest BCUT2D eigenvalue weighted by atomic mass is 9.96. The first-order valence-corrected chi connectivity index (χ1v) is 6.95. The first-order valence-electron chi connectivity index (χ1n) is 6.95. The quantitative estimate of drug-likeness (QED) is 0.671. The second-order valence-corrected chi connectivity index (χ2v) is 5.67. The largest absolute Gasteiger partial charge is 0.314 e. The van der Waals surface area contributed by atoms with Gasteiger partial charge in [0.05, 0.1) is 0 Å². The molecular formula is C14H29N. The molecule has 1 fully saturated rings. The zero-order valence-electron chi connectivity index (χ0n) is 10.9. The van der Waals surface area contributed by atoms with Crippen molar-refractivity contribution < 1.29 is 0 Å². The van der Waals surface area contributed by atoms with E-state index in [-0.39, 0.29) is 0 Å². The third kappa shape index (κ3) is 5.55. The maximum atomic E-state index is 3.69. The van der Waals surface area contributed by atoms with Crippen LogP contribution in [0, 0.1) is 11.8 Å². The molecule has 0 saturated carbocycles. The van der Waals surface area contributed by atoms with E-state index in [0.29, 0.717) is 0 Å². The minimum Gasteiger partial charge on any atom is -0.314 e. The van der Waals surface area contributed by atoms with Crippen LogP contribution in [0.1, 0.15) is 65.7 Å².